The summed E-state index contributed by atoms with van der Waals surface area (Å²) >= 11 is 0. The largest absolute Gasteiger partial charge is 0.484 e. The van der Waals surface area contributed by atoms with Crippen LogP contribution in [0, 0.1) is 13.8 Å². The van der Waals surface area contributed by atoms with E-state index in [-0.39, 0.29) is 12.5 Å². The molecule has 6 nitrogen and oxygen atoms in total. The van der Waals surface area contributed by atoms with E-state index in [1.807, 2.05) is 54.1 Å². The summed E-state index contributed by atoms with van der Waals surface area (Å²) < 4.78 is 7.44. The number of hydrogen-bond donors (Lipinski definition) is 1. The Kier molecular flexibility index (Phi) is 5.16. The number of nitrogens with one attached hydrogen (secondary N) is 1. The Labute approximate surface area is 169 Å². The third kappa shape index (κ3) is 4.06. The molecule has 29 heavy (non-hydrogen) atoms. The summed E-state index contributed by atoms with van der Waals surface area (Å²) in [6.07, 6.45) is 0.925. The van der Waals surface area contributed by atoms with Gasteiger partial charge in [0.1, 0.15) is 5.75 Å². The number of fused-ring (bicyclic) bond motifs is 2. The van der Waals surface area contributed by atoms with Crippen molar-refractivity contribution in [1.29, 1.82) is 0 Å². The van der Waals surface area contributed by atoms with Gasteiger partial charge in [-0.1, -0.05) is 36.2 Å². The number of hydrogen-bond acceptors (Lipinski definition) is 4. The molecule has 0 atom stereocenters. The number of aromatic nitrogens is 3. The van der Waals surface area contributed by atoms with Crippen molar-refractivity contribution in [3.8, 4) is 5.75 Å². The molecule has 0 saturated heterocycles. The minimum atomic E-state index is -0.252. The summed E-state index contributed by atoms with van der Waals surface area (Å²) in [5.41, 5.74) is 4.00. The van der Waals surface area contributed by atoms with Crippen molar-refractivity contribution in [2.24, 2.45) is 0 Å². The van der Waals surface area contributed by atoms with Gasteiger partial charge in [0.05, 0.1) is 10.9 Å². The molecule has 0 radical (unpaired) electrons. The van der Waals surface area contributed by atoms with Crippen molar-refractivity contribution >= 4 is 33.7 Å². The summed E-state index contributed by atoms with van der Waals surface area (Å²) in [6.45, 7) is 6.80. The highest BCUT2D eigenvalue weighted by molar-refractivity contribution is 6.03. The second-order valence-corrected chi connectivity index (χ2v) is 7.28. The van der Waals surface area contributed by atoms with Crippen LogP contribution in [0.1, 0.15) is 24.5 Å². The van der Waals surface area contributed by atoms with Crippen molar-refractivity contribution < 1.29 is 9.53 Å². The molecular weight excluding hydrogens is 364 g/mol. The van der Waals surface area contributed by atoms with Crippen molar-refractivity contribution in [1.82, 2.24) is 14.8 Å². The summed E-state index contributed by atoms with van der Waals surface area (Å²) in [5.74, 6) is 0.926. The lowest BCUT2D eigenvalue weighted by Crippen LogP contribution is -2.20. The molecule has 0 unspecified atom stereocenters. The third-order valence-electron chi connectivity index (χ3n) is 4.75. The average Bonchev–Trinajstić information content (AvgIpc) is 3.02. The number of rotatable bonds is 6. The smallest absolute Gasteiger partial charge is 0.263 e. The maximum Gasteiger partial charge on any atom is 0.263 e. The van der Waals surface area contributed by atoms with E-state index in [4.69, 9.17) is 9.72 Å². The predicted molar refractivity (Wildman–Crippen MR) is 115 cm³/mol. The molecule has 0 aliphatic rings. The topological polar surface area (TPSA) is 69.0 Å². The molecule has 0 spiro atoms. The van der Waals surface area contributed by atoms with Gasteiger partial charge < -0.3 is 10.1 Å². The van der Waals surface area contributed by atoms with Gasteiger partial charge in [-0.15, -0.1) is 0 Å². The van der Waals surface area contributed by atoms with Gasteiger partial charge in [0, 0.05) is 11.9 Å². The number of ether oxygens (including phenoxy) is 1. The maximum atomic E-state index is 12.5. The van der Waals surface area contributed by atoms with Crippen LogP contribution in [0.3, 0.4) is 0 Å². The van der Waals surface area contributed by atoms with Gasteiger partial charge in [-0.05, 0) is 50.6 Å². The van der Waals surface area contributed by atoms with E-state index in [2.05, 4.69) is 30.3 Å². The maximum absolute atomic E-state index is 12.5. The Morgan fingerprint density at radius 3 is 2.59 bits per heavy atom. The average molecular weight is 388 g/mol. The zero-order chi connectivity index (χ0) is 20.4. The molecule has 0 aliphatic carbocycles. The number of carbonyl (C=O) groups excluding carboxylic acids is 1. The molecule has 0 bridgehead atoms. The number of amides is 1. The van der Waals surface area contributed by atoms with E-state index >= 15 is 0 Å². The standard InChI is InChI=1S/C23H24N4O2/c1-4-11-27-23-19(13-17-12-16(3)7-10-20(17)24-23)22(26-27)25-21(28)14-29-18-8-5-15(2)6-9-18/h5-10,12-13H,4,11,14H2,1-3H3,(H,25,26,28). The highest BCUT2D eigenvalue weighted by Crippen LogP contribution is 2.26. The van der Waals surface area contributed by atoms with Crippen LogP contribution in [0.5, 0.6) is 5.75 Å². The number of carbonyl (C=O) groups is 1. The zero-order valence-corrected chi connectivity index (χ0v) is 16.9. The monoisotopic (exact) mass is 388 g/mol. The molecule has 4 rings (SSSR count). The second kappa shape index (κ2) is 7.91. The Morgan fingerprint density at radius 1 is 1.07 bits per heavy atom. The predicted octanol–water partition coefficient (Wildman–Crippen LogP) is 4.63. The molecule has 1 amide bonds. The van der Waals surface area contributed by atoms with Crippen molar-refractivity contribution in [3.05, 3.63) is 59.7 Å². The molecule has 6 heteroatoms. The summed E-state index contributed by atoms with van der Waals surface area (Å²) in [6, 6.07) is 15.8. The quantitative estimate of drug-likeness (QED) is 0.523. The van der Waals surface area contributed by atoms with Crippen molar-refractivity contribution in [2.45, 2.75) is 33.7 Å². The van der Waals surface area contributed by atoms with Gasteiger partial charge in [-0.3, -0.25) is 4.79 Å². The summed E-state index contributed by atoms with van der Waals surface area (Å²) in [4.78, 5) is 17.3. The SMILES string of the molecule is CCCn1nc(NC(=O)COc2ccc(C)cc2)c2cc3cc(C)ccc3nc21. The fourth-order valence-electron chi connectivity index (χ4n) is 3.29. The number of pyridine rings is 1. The Morgan fingerprint density at radius 2 is 1.83 bits per heavy atom. The molecule has 0 aliphatic heterocycles. The van der Waals surface area contributed by atoms with Crippen LogP contribution in [-0.2, 0) is 11.3 Å². The van der Waals surface area contributed by atoms with Gasteiger partial charge in [0.15, 0.2) is 18.1 Å². The number of benzene rings is 2. The van der Waals surface area contributed by atoms with Crippen LogP contribution in [-0.4, -0.2) is 27.3 Å². The van der Waals surface area contributed by atoms with Gasteiger partial charge in [0.25, 0.3) is 5.91 Å². The van der Waals surface area contributed by atoms with Crippen LogP contribution >= 0.6 is 0 Å². The van der Waals surface area contributed by atoms with Crippen molar-refractivity contribution in [2.75, 3.05) is 11.9 Å². The second-order valence-electron chi connectivity index (χ2n) is 7.28. The first kappa shape index (κ1) is 18.9. The van der Waals surface area contributed by atoms with E-state index in [0.717, 1.165) is 46.0 Å². The first-order valence-electron chi connectivity index (χ1n) is 9.80. The third-order valence-corrected chi connectivity index (χ3v) is 4.75. The van der Waals surface area contributed by atoms with E-state index in [1.165, 1.54) is 0 Å². The van der Waals surface area contributed by atoms with E-state index in [9.17, 15) is 4.79 Å². The van der Waals surface area contributed by atoms with Crippen LogP contribution in [0.15, 0.2) is 48.5 Å². The highest BCUT2D eigenvalue weighted by Gasteiger charge is 2.15. The molecule has 4 aromatic rings. The fourth-order valence-corrected chi connectivity index (χ4v) is 3.29. The molecule has 148 valence electrons. The van der Waals surface area contributed by atoms with Crippen LogP contribution < -0.4 is 10.1 Å². The van der Waals surface area contributed by atoms with Gasteiger partial charge in [0.2, 0.25) is 0 Å². The lowest BCUT2D eigenvalue weighted by Gasteiger charge is -2.06. The first-order chi connectivity index (χ1) is 14.0. The van der Waals surface area contributed by atoms with E-state index in [0.29, 0.717) is 11.6 Å². The van der Waals surface area contributed by atoms with Crippen LogP contribution in [0.4, 0.5) is 5.82 Å². The lowest BCUT2D eigenvalue weighted by atomic mass is 10.1. The fraction of sp³-hybridized carbons (Fsp3) is 0.261. The first-order valence-corrected chi connectivity index (χ1v) is 9.80. The molecule has 0 saturated carbocycles. The zero-order valence-electron chi connectivity index (χ0n) is 16.9. The van der Waals surface area contributed by atoms with Gasteiger partial charge in [-0.2, -0.15) is 5.10 Å². The van der Waals surface area contributed by atoms with Gasteiger partial charge >= 0.3 is 0 Å². The summed E-state index contributed by atoms with van der Waals surface area (Å²) in [7, 11) is 0. The lowest BCUT2D eigenvalue weighted by molar-refractivity contribution is -0.118. The van der Waals surface area contributed by atoms with E-state index < -0.39 is 0 Å². The molecular formula is C23H24N4O2. The minimum Gasteiger partial charge on any atom is -0.484 e. The number of aryl methyl sites for hydroxylation is 3. The summed E-state index contributed by atoms with van der Waals surface area (Å²) in [5, 5.41) is 9.35. The molecule has 2 aromatic heterocycles. The highest BCUT2D eigenvalue weighted by atomic mass is 16.5. The van der Waals surface area contributed by atoms with E-state index in [1.54, 1.807) is 0 Å². The van der Waals surface area contributed by atoms with Crippen molar-refractivity contribution in [3.63, 3.8) is 0 Å². The van der Waals surface area contributed by atoms with Crippen LogP contribution in [0.25, 0.3) is 21.9 Å². The Hall–Kier alpha value is -3.41. The minimum absolute atomic E-state index is 0.0781. The van der Waals surface area contributed by atoms with Gasteiger partial charge in [-0.25, -0.2) is 9.67 Å². The number of nitrogens with zero attached hydrogens (tertiary/aromatic N) is 3. The normalized spacial score (nSPS) is 11.1. The Bertz CT molecular complexity index is 1180. The molecule has 1 N–H and O–H groups in total. The number of anilines is 1. The molecule has 2 heterocycles. The van der Waals surface area contributed by atoms with Crippen LogP contribution in [0.2, 0.25) is 0 Å². The molecule has 0 fully saturated rings. The molecule has 2 aromatic carbocycles. The Balaban J connectivity index is 1.61.